The van der Waals surface area contributed by atoms with Gasteiger partial charge in [0.15, 0.2) is 0 Å². The molecule has 21 heavy (non-hydrogen) atoms. The van der Waals surface area contributed by atoms with Crippen LogP contribution in [-0.4, -0.2) is 18.6 Å². The third-order valence-electron chi connectivity index (χ3n) is 3.11. The number of aromatic nitrogens is 1. The first-order valence-corrected chi connectivity index (χ1v) is 8.03. The molecule has 0 radical (unpaired) electrons. The van der Waals surface area contributed by atoms with Crippen molar-refractivity contribution in [3.8, 4) is 11.5 Å². The number of benzene rings is 1. The number of hydrogen-bond acceptors (Lipinski definition) is 5. The molecule has 2 rings (SSSR count). The Kier molecular flexibility index (Phi) is 6.02. The third-order valence-corrected chi connectivity index (χ3v) is 4.19. The summed E-state index contributed by atoms with van der Waals surface area (Å²) in [5.74, 6) is 1.66. The van der Waals surface area contributed by atoms with Crippen LogP contribution in [0.2, 0.25) is 0 Å². The normalized spacial score (nSPS) is 10.6. The van der Waals surface area contributed by atoms with Crippen LogP contribution in [0.3, 0.4) is 0 Å². The summed E-state index contributed by atoms with van der Waals surface area (Å²) in [7, 11) is 1.66. The number of nitrogens with one attached hydrogen (secondary N) is 1. The molecule has 0 bridgehead atoms. The van der Waals surface area contributed by atoms with Crippen molar-refractivity contribution in [3.05, 3.63) is 39.8 Å². The average molecular weight is 306 g/mol. The van der Waals surface area contributed by atoms with Gasteiger partial charge in [-0.05, 0) is 37.2 Å². The maximum Gasteiger partial charge on any atom is 0.140 e. The van der Waals surface area contributed by atoms with E-state index in [4.69, 9.17) is 9.47 Å². The SMILES string of the molecule is CCNCc1sc(COc2ccc(OC)cc2)nc1CC. The minimum atomic E-state index is 0.510. The summed E-state index contributed by atoms with van der Waals surface area (Å²) in [6.45, 7) is 6.62. The fourth-order valence-corrected chi connectivity index (χ4v) is 3.01. The first-order chi connectivity index (χ1) is 10.3. The second kappa shape index (κ2) is 8.00. The molecule has 0 aliphatic heterocycles. The van der Waals surface area contributed by atoms with Gasteiger partial charge in [0.25, 0.3) is 0 Å². The molecule has 0 amide bonds. The number of thiazole rings is 1. The van der Waals surface area contributed by atoms with Crippen LogP contribution in [0.25, 0.3) is 0 Å². The molecular weight excluding hydrogens is 284 g/mol. The van der Waals surface area contributed by atoms with E-state index in [0.29, 0.717) is 6.61 Å². The van der Waals surface area contributed by atoms with Gasteiger partial charge < -0.3 is 14.8 Å². The molecule has 0 saturated carbocycles. The lowest BCUT2D eigenvalue weighted by Crippen LogP contribution is -2.11. The molecular formula is C16H22N2O2S. The summed E-state index contributed by atoms with van der Waals surface area (Å²) in [6.07, 6.45) is 0.958. The number of nitrogens with zero attached hydrogens (tertiary/aromatic N) is 1. The molecule has 4 nitrogen and oxygen atoms in total. The lowest BCUT2D eigenvalue weighted by atomic mass is 10.3. The van der Waals surface area contributed by atoms with Crippen molar-refractivity contribution in [2.24, 2.45) is 0 Å². The first-order valence-electron chi connectivity index (χ1n) is 7.21. The average Bonchev–Trinajstić information content (AvgIpc) is 2.93. The number of hydrogen-bond donors (Lipinski definition) is 1. The van der Waals surface area contributed by atoms with Crippen molar-refractivity contribution in [3.63, 3.8) is 0 Å². The summed E-state index contributed by atoms with van der Waals surface area (Å²) in [6, 6.07) is 7.61. The Balaban J connectivity index is 1.97. The van der Waals surface area contributed by atoms with Crippen LogP contribution in [0, 0.1) is 0 Å². The van der Waals surface area contributed by atoms with Crippen molar-refractivity contribution >= 4 is 11.3 Å². The number of rotatable bonds is 8. The second-order valence-electron chi connectivity index (χ2n) is 4.58. The van der Waals surface area contributed by atoms with E-state index in [9.17, 15) is 0 Å². The summed E-state index contributed by atoms with van der Waals surface area (Å²) in [4.78, 5) is 5.97. The van der Waals surface area contributed by atoms with E-state index in [0.717, 1.165) is 36.0 Å². The van der Waals surface area contributed by atoms with Gasteiger partial charge in [-0.15, -0.1) is 11.3 Å². The van der Waals surface area contributed by atoms with Crippen molar-refractivity contribution in [1.82, 2.24) is 10.3 Å². The molecule has 2 aromatic rings. The Hall–Kier alpha value is -1.59. The molecule has 1 aromatic carbocycles. The van der Waals surface area contributed by atoms with Crippen LogP contribution in [0.5, 0.6) is 11.5 Å². The Morgan fingerprint density at radius 1 is 1.14 bits per heavy atom. The van der Waals surface area contributed by atoms with E-state index in [1.807, 2.05) is 24.3 Å². The van der Waals surface area contributed by atoms with Crippen molar-refractivity contribution < 1.29 is 9.47 Å². The van der Waals surface area contributed by atoms with E-state index in [2.05, 4.69) is 24.1 Å². The Morgan fingerprint density at radius 3 is 2.48 bits per heavy atom. The highest BCUT2D eigenvalue weighted by Crippen LogP contribution is 2.22. The fourth-order valence-electron chi connectivity index (χ4n) is 1.97. The number of aryl methyl sites for hydroxylation is 1. The van der Waals surface area contributed by atoms with Crippen LogP contribution in [0.15, 0.2) is 24.3 Å². The minimum absolute atomic E-state index is 0.510. The molecule has 0 unspecified atom stereocenters. The van der Waals surface area contributed by atoms with Gasteiger partial charge in [0.1, 0.15) is 23.1 Å². The van der Waals surface area contributed by atoms with Gasteiger partial charge in [-0.2, -0.15) is 0 Å². The van der Waals surface area contributed by atoms with Crippen molar-refractivity contribution in [2.75, 3.05) is 13.7 Å². The Morgan fingerprint density at radius 2 is 1.86 bits per heavy atom. The first kappa shape index (κ1) is 15.8. The molecule has 1 heterocycles. The van der Waals surface area contributed by atoms with E-state index in [1.54, 1.807) is 18.4 Å². The van der Waals surface area contributed by atoms with Gasteiger partial charge in [-0.3, -0.25) is 0 Å². The molecule has 0 spiro atoms. The monoisotopic (exact) mass is 306 g/mol. The molecule has 0 atom stereocenters. The van der Waals surface area contributed by atoms with Crippen LogP contribution >= 0.6 is 11.3 Å². The molecule has 0 saturated heterocycles. The summed E-state index contributed by atoms with van der Waals surface area (Å²) in [5, 5.41) is 4.38. The zero-order valence-electron chi connectivity index (χ0n) is 12.8. The van der Waals surface area contributed by atoms with E-state index < -0.39 is 0 Å². The topological polar surface area (TPSA) is 43.4 Å². The fraction of sp³-hybridized carbons (Fsp3) is 0.438. The minimum Gasteiger partial charge on any atom is -0.497 e. The van der Waals surface area contributed by atoms with Crippen LogP contribution in [0.4, 0.5) is 0 Å². The maximum absolute atomic E-state index is 5.78. The van der Waals surface area contributed by atoms with Crippen molar-refractivity contribution in [2.45, 2.75) is 33.4 Å². The predicted octanol–water partition coefficient (Wildman–Crippen LogP) is 3.40. The van der Waals surface area contributed by atoms with Gasteiger partial charge in [0.2, 0.25) is 0 Å². The molecule has 5 heteroatoms. The maximum atomic E-state index is 5.78. The summed E-state index contributed by atoms with van der Waals surface area (Å²) < 4.78 is 10.9. The van der Waals surface area contributed by atoms with Crippen molar-refractivity contribution in [1.29, 1.82) is 0 Å². The Bertz CT molecular complexity index is 552. The standard InChI is InChI=1S/C16H22N2O2S/c1-4-14-15(10-17-5-2)21-16(18-14)11-20-13-8-6-12(19-3)7-9-13/h6-9,17H,4-5,10-11H2,1-3H3. The predicted molar refractivity (Wildman–Crippen MR) is 86.2 cm³/mol. The van der Waals surface area contributed by atoms with Gasteiger partial charge in [-0.1, -0.05) is 13.8 Å². The summed E-state index contributed by atoms with van der Waals surface area (Å²) in [5.41, 5.74) is 1.18. The van der Waals surface area contributed by atoms with Gasteiger partial charge >= 0.3 is 0 Å². The van der Waals surface area contributed by atoms with Gasteiger partial charge in [0, 0.05) is 11.4 Å². The van der Waals surface area contributed by atoms with Crippen LogP contribution in [-0.2, 0) is 19.6 Å². The molecule has 0 fully saturated rings. The van der Waals surface area contributed by atoms with E-state index in [-0.39, 0.29) is 0 Å². The van der Waals surface area contributed by atoms with Crippen LogP contribution < -0.4 is 14.8 Å². The third kappa shape index (κ3) is 4.44. The van der Waals surface area contributed by atoms with Gasteiger partial charge in [-0.25, -0.2) is 4.98 Å². The second-order valence-corrected chi connectivity index (χ2v) is 5.74. The highest BCUT2D eigenvalue weighted by molar-refractivity contribution is 7.11. The quantitative estimate of drug-likeness (QED) is 0.812. The zero-order valence-corrected chi connectivity index (χ0v) is 13.6. The molecule has 1 aromatic heterocycles. The highest BCUT2D eigenvalue weighted by Gasteiger charge is 2.09. The van der Waals surface area contributed by atoms with E-state index in [1.165, 1.54) is 10.6 Å². The lowest BCUT2D eigenvalue weighted by molar-refractivity contribution is 0.304. The molecule has 0 aliphatic carbocycles. The number of ether oxygens (including phenoxy) is 2. The molecule has 1 N–H and O–H groups in total. The largest absolute Gasteiger partial charge is 0.497 e. The van der Waals surface area contributed by atoms with Gasteiger partial charge in [0.05, 0.1) is 12.8 Å². The highest BCUT2D eigenvalue weighted by atomic mass is 32.1. The molecule has 114 valence electrons. The van der Waals surface area contributed by atoms with E-state index >= 15 is 0 Å². The smallest absolute Gasteiger partial charge is 0.140 e. The molecule has 0 aliphatic rings. The lowest BCUT2D eigenvalue weighted by Gasteiger charge is -2.05. The summed E-state index contributed by atoms with van der Waals surface area (Å²) >= 11 is 1.73. The van der Waals surface area contributed by atoms with Crippen LogP contribution in [0.1, 0.15) is 29.4 Å². The Labute approximate surface area is 130 Å². The zero-order chi connectivity index (χ0) is 15.1. The number of methoxy groups -OCH3 is 1.